The lowest BCUT2D eigenvalue weighted by atomic mass is 10.1. The number of fused-ring (bicyclic) bond motifs is 1. The Morgan fingerprint density at radius 1 is 0.850 bits per heavy atom. The Bertz CT molecular complexity index is 1660. The monoisotopic (exact) mass is 561 g/mol. The fourth-order valence-electron chi connectivity index (χ4n) is 4.06. The number of nitrogens with one attached hydrogen (secondary N) is 1. The van der Waals surface area contributed by atoms with Gasteiger partial charge < -0.3 is 9.47 Å². The SMILES string of the molecule is O=C(COc1ccc(Cn2cccn2)cc1OCCc1ccc2ccccc2c1)NS(=O)c1ccc(F)c(F)c1. The number of rotatable bonds is 11. The van der Waals surface area contributed by atoms with Gasteiger partial charge in [-0.2, -0.15) is 5.10 Å². The van der Waals surface area contributed by atoms with Crippen LogP contribution >= 0.6 is 0 Å². The van der Waals surface area contributed by atoms with Gasteiger partial charge >= 0.3 is 0 Å². The van der Waals surface area contributed by atoms with Crippen LogP contribution in [0.25, 0.3) is 10.8 Å². The predicted molar refractivity (Wildman–Crippen MR) is 147 cm³/mol. The molecule has 1 N–H and O–H groups in total. The summed E-state index contributed by atoms with van der Waals surface area (Å²) in [7, 11) is -2.08. The van der Waals surface area contributed by atoms with Crippen molar-refractivity contribution in [2.45, 2.75) is 17.9 Å². The largest absolute Gasteiger partial charge is 0.489 e. The Labute approximate surface area is 231 Å². The number of benzene rings is 4. The lowest BCUT2D eigenvalue weighted by Gasteiger charge is -2.15. The van der Waals surface area contributed by atoms with Crippen LogP contribution in [0.4, 0.5) is 8.78 Å². The minimum atomic E-state index is -2.08. The Morgan fingerprint density at radius 2 is 1.68 bits per heavy atom. The second-order valence-corrected chi connectivity index (χ2v) is 10.1. The highest BCUT2D eigenvalue weighted by Crippen LogP contribution is 2.29. The molecule has 40 heavy (non-hydrogen) atoms. The van der Waals surface area contributed by atoms with Gasteiger partial charge in [0.05, 0.1) is 18.0 Å². The number of ether oxygens (including phenoxy) is 2. The molecule has 204 valence electrons. The van der Waals surface area contributed by atoms with E-state index >= 15 is 0 Å². The molecule has 0 bridgehead atoms. The number of nitrogens with zero attached hydrogens (tertiary/aromatic N) is 2. The normalized spacial score (nSPS) is 11.8. The van der Waals surface area contributed by atoms with E-state index < -0.39 is 35.1 Å². The standard InChI is InChI=1S/C30H25F2N3O4S/c31-26-10-9-25(18-27(26)32)40(37)34-30(36)20-39-28-11-7-22(19-35-14-3-13-33-35)17-29(28)38-15-12-21-6-8-23-4-1-2-5-24(23)16-21/h1-11,13-14,16-18H,12,15,19-20H2,(H,34,36). The van der Waals surface area contributed by atoms with E-state index in [9.17, 15) is 17.8 Å². The van der Waals surface area contributed by atoms with Crippen molar-refractivity contribution in [3.05, 3.63) is 120 Å². The highest BCUT2D eigenvalue weighted by atomic mass is 32.2. The third kappa shape index (κ3) is 6.89. The van der Waals surface area contributed by atoms with Crippen LogP contribution in [0, 0.1) is 11.6 Å². The molecule has 1 aromatic heterocycles. The maximum absolute atomic E-state index is 13.5. The summed E-state index contributed by atoms with van der Waals surface area (Å²) < 4.78 is 54.8. The number of amides is 1. The summed E-state index contributed by atoms with van der Waals surface area (Å²) in [6.07, 6.45) is 4.20. The maximum atomic E-state index is 13.5. The van der Waals surface area contributed by atoms with Crippen LogP contribution in [-0.4, -0.2) is 33.1 Å². The van der Waals surface area contributed by atoms with Gasteiger partial charge in [0, 0.05) is 18.8 Å². The van der Waals surface area contributed by atoms with E-state index in [1.165, 1.54) is 0 Å². The molecule has 0 saturated heterocycles. The molecule has 4 aromatic carbocycles. The molecule has 1 heterocycles. The summed E-state index contributed by atoms with van der Waals surface area (Å²) in [5.74, 6) is -2.15. The molecule has 0 aliphatic carbocycles. The van der Waals surface area contributed by atoms with Gasteiger partial charge in [0.25, 0.3) is 5.91 Å². The van der Waals surface area contributed by atoms with Gasteiger partial charge in [-0.25, -0.2) is 13.0 Å². The third-order valence-electron chi connectivity index (χ3n) is 6.04. The first-order valence-corrected chi connectivity index (χ1v) is 13.6. The molecular formula is C30H25F2N3O4S. The summed E-state index contributed by atoms with van der Waals surface area (Å²) in [6.45, 7) is 0.420. The van der Waals surface area contributed by atoms with Crippen molar-refractivity contribution in [1.82, 2.24) is 14.5 Å². The van der Waals surface area contributed by atoms with Crippen LogP contribution in [0.1, 0.15) is 11.1 Å². The second-order valence-electron chi connectivity index (χ2n) is 8.92. The van der Waals surface area contributed by atoms with E-state index in [-0.39, 0.29) is 4.90 Å². The Kier molecular flexibility index (Phi) is 8.46. The number of hydrogen-bond donors (Lipinski definition) is 1. The molecule has 0 fully saturated rings. The number of halogens is 2. The fraction of sp³-hybridized carbons (Fsp3) is 0.133. The van der Waals surface area contributed by atoms with Crippen molar-refractivity contribution in [2.24, 2.45) is 0 Å². The highest BCUT2D eigenvalue weighted by molar-refractivity contribution is 7.83. The van der Waals surface area contributed by atoms with Crippen molar-refractivity contribution >= 4 is 27.7 Å². The number of carbonyl (C=O) groups is 1. The van der Waals surface area contributed by atoms with Crippen molar-refractivity contribution in [2.75, 3.05) is 13.2 Å². The molecule has 5 aromatic rings. The van der Waals surface area contributed by atoms with Gasteiger partial charge in [0.2, 0.25) is 0 Å². The average molecular weight is 562 g/mol. The minimum Gasteiger partial charge on any atom is -0.489 e. The van der Waals surface area contributed by atoms with Crippen LogP contribution in [0.2, 0.25) is 0 Å². The van der Waals surface area contributed by atoms with E-state index in [1.54, 1.807) is 16.9 Å². The van der Waals surface area contributed by atoms with Gasteiger partial charge in [0.15, 0.2) is 40.7 Å². The molecule has 7 nitrogen and oxygen atoms in total. The van der Waals surface area contributed by atoms with Gasteiger partial charge in [-0.15, -0.1) is 0 Å². The van der Waals surface area contributed by atoms with Gasteiger partial charge in [-0.3, -0.25) is 14.2 Å². The molecule has 10 heteroatoms. The van der Waals surface area contributed by atoms with Crippen LogP contribution in [0.3, 0.4) is 0 Å². The van der Waals surface area contributed by atoms with Gasteiger partial charge in [-0.05, 0) is 58.3 Å². The van der Waals surface area contributed by atoms with E-state index in [0.29, 0.717) is 31.1 Å². The summed E-state index contributed by atoms with van der Waals surface area (Å²) in [5.41, 5.74) is 2.04. The minimum absolute atomic E-state index is 0.0760. The van der Waals surface area contributed by atoms with Crippen molar-refractivity contribution < 1.29 is 27.3 Å². The zero-order chi connectivity index (χ0) is 27.9. The first kappa shape index (κ1) is 27.0. The first-order chi connectivity index (χ1) is 19.4. The summed E-state index contributed by atoms with van der Waals surface area (Å²) >= 11 is 0. The molecule has 0 aliphatic rings. The predicted octanol–water partition coefficient (Wildman–Crippen LogP) is 5.20. The fourth-order valence-corrected chi connectivity index (χ4v) is 4.85. The quantitative estimate of drug-likeness (QED) is 0.240. The zero-order valence-corrected chi connectivity index (χ0v) is 22.1. The second kappa shape index (κ2) is 12.5. The zero-order valence-electron chi connectivity index (χ0n) is 21.3. The molecule has 0 aliphatic heterocycles. The third-order valence-corrected chi connectivity index (χ3v) is 7.14. The van der Waals surface area contributed by atoms with Crippen LogP contribution < -0.4 is 14.2 Å². The van der Waals surface area contributed by atoms with Crippen LogP contribution in [0.15, 0.2) is 102 Å². The molecule has 0 radical (unpaired) electrons. The molecule has 0 saturated carbocycles. The lowest BCUT2D eigenvalue weighted by Crippen LogP contribution is -2.30. The number of hydrogen-bond acceptors (Lipinski definition) is 5. The lowest BCUT2D eigenvalue weighted by molar-refractivity contribution is -0.121. The highest BCUT2D eigenvalue weighted by Gasteiger charge is 2.14. The summed E-state index contributed by atoms with van der Waals surface area (Å²) in [4.78, 5) is 12.3. The topological polar surface area (TPSA) is 82.5 Å². The van der Waals surface area contributed by atoms with E-state index in [1.807, 2.05) is 36.5 Å². The Hall–Kier alpha value is -4.57. The van der Waals surface area contributed by atoms with Crippen molar-refractivity contribution in [3.8, 4) is 11.5 Å². The van der Waals surface area contributed by atoms with Crippen LogP contribution in [-0.2, 0) is 28.7 Å². The summed E-state index contributed by atoms with van der Waals surface area (Å²) in [6, 6.07) is 24.3. The Morgan fingerprint density at radius 3 is 2.48 bits per heavy atom. The molecule has 1 unspecified atom stereocenters. The van der Waals surface area contributed by atoms with Crippen LogP contribution in [0.5, 0.6) is 11.5 Å². The van der Waals surface area contributed by atoms with Crippen molar-refractivity contribution in [3.63, 3.8) is 0 Å². The summed E-state index contributed by atoms with van der Waals surface area (Å²) in [5, 5.41) is 6.55. The average Bonchev–Trinajstić information content (AvgIpc) is 3.47. The number of aromatic nitrogens is 2. The molecule has 1 amide bonds. The van der Waals surface area contributed by atoms with Crippen molar-refractivity contribution in [1.29, 1.82) is 0 Å². The van der Waals surface area contributed by atoms with E-state index in [0.717, 1.165) is 40.1 Å². The first-order valence-electron chi connectivity index (χ1n) is 12.4. The number of carbonyl (C=O) groups excluding carboxylic acids is 1. The molecule has 5 rings (SSSR count). The molecular weight excluding hydrogens is 536 g/mol. The van der Waals surface area contributed by atoms with Gasteiger partial charge in [-0.1, -0.05) is 48.5 Å². The van der Waals surface area contributed by atoms with Gasteiger partial charge in [0.1, 0.15) is 0 Å². The maximum Gasteiger partial charge on any atom is 0.269 e. The van der Waals surface area contributed by atoms with E-state index in [4.69, 9.17) is 9.47 Å². The Balaban J connectivity index is 1.25. The molecule has 0 spiro atoms. The van der Waals surface area contributed by atoms with E-state index in [2.05, 4.69) is 40.2 Å². The smallest absolute Gasteiger partial charge is 0.269 e. The molecule has 1 atom stereocenters.